The second-order valence-corrected chi connectivity index (χ2v) is 6.28. The number of hydrogen-bond acceptors (Lipinski definition) is 6. The molecule has 3 N–H and O–H groups in total. The fraction of sp³-hybridized carbons (Fsp3) is 0.615. The number of hydrogen-bond donors (Lipinski definition) is 3. The Hall–Kier alpha value is -1.67. The molecule has 0 unspecified atom stereocenters. The lowest BCUT2D eigenvalue weighted by Gasteiger charge is -2.41. The van der Waals surface area contributed by atoms with Crippen molar-refractivity contribution >= 4 is 18.7 Å². The van der Waals surface area contributed by atoms with E-state index in [0.717, 1.165) is 19.3 Å². The zero-order valence-corrected chi connectivity index (χ0v) is 12.5. The van der Waals surface area contributed by atoms with Gasteiger partial charge in [0.1, 0.15) is 11.1 Å². The summed E-state index contributed by atoms with van der Waals surface area (Å²) in [5, 5.41) is 20.9. The van der Waals surface area contributed by atoms with Gasteiger partial charge in [0.2, 0.25) is 0 Å². The smallest absolute Gasteiger partial charge is 0.444 e. The lowest BCUT2D eigenvalue weighted by atomic mass is 9.75. The Bertz CT molecular complexity index is 509. The largest absolute Gasteiger partial charge is 0.491 e. The highest BCUT2D eigenvalue weighted by Gasteiger charge is 2.43. The van der Waals surface area contributed by atoms with E-state index in [-0.39, 0.29) is 5.46 Å². The van der Waals surface area contributed by atoms with Crippen LogP contribution in [0.1, 0.15) is 45.9 Å². The average Bonchev–Trinajstić information content (AvgIpc) is 2.32. The number of nitrogens with zero attached hydrogens (tertiary/aromatic N) is 2. The summed E-state index contributed by atoms with van der Waals surface area (Å²) in [5.41, 5.74) is -0.979. The minimum absolute atomic E-state index is 0.213. The van der Waals surface area contributed by atoms with Gasteiger partial charge in [-0.05, 0) is 40.0 Å². The zero-order chi connectivity index (χ0) is 15.7. The van der Waals surface area contributed by atoms with Gasteiger partial charge in [-0.15, -0.1) is 0 Å². The zero-order valence-electron chi connectivity index (χ0n) is 12.5. The fourth-order valence-electron chi connectivity index (χ4n) is 2.15. The minimum Gasteiger partial charge on any atom is -0.444 e. The van der Waals surface area contributed by atoms with E-state index in [1.165, 1.54) is 12.4 Å². The van der Waals surface area contributed by atoms with Crippen molar-refractivity contribution in [2.75, 3.05) is 0 Å². The quantitative estimate of drug-likeness (QED) is 0.681. The van der Waals surface area contributed by atoms with E-state index in [0.29, 0.717) is 5.82 Å². The number of carbonyl (C=O) groups excluding carboxylic acids is 1. The number of amides is 1. The molecule has 0 aliphatic heterocycles. The number of rotatable bonds is 3. The van der Waals surface area contributed by atoms with Crippen LogP contribution >= 0.6 is 0 Å². The first-order valence-electron chi connectivity index (χ1n) is 6.92. The molecule has 1 amide bonds. The van der Waals surface area contributed by atoms with Gasteiger partial charge >= 0.3 is 13.2 Å². The van der Waals surface area contributed by atoms with E-state index in [1.54, 1.807) is 20.8 Å². The lowest BCUT2D eigenvalue weighted by molar-refractivity contribution is 0.0365. The Balaban J connectivity index is 2.12. The van der Waals surface area contributed by atoms with Crippen molar-refractivity contribution in [2.45, 2.75) is 51.2 Å². The molecule has 0 spiro atoms. The molecule has 0 bridgehead atoms. The molecule has 1 aromatic heterocycles. The Morgan fingerprint density at radius 3 is 2.29 bits per heavy atom. The van der Waals surface area contributed by atoms with Gasteiger partial charge in [0.05, 0.1) is 0 Å². The van der Waals surface area contributed by atoms with Gasteiger partial charge in [-0.2, -0.15) is 0 Å². The van der Waals surface area contributed by atoms with Gasteiger partial charge in [-0.1, -0.05) is 0 Å². The van der Waals surface area contributed by atoms with Crippen LogP contribution in [-0.4, -0.2) is 38.8 Å². The third kappa shape index (κ3) is 3.71. The summed E-state index contributed by atoms with van der Waals surface area (Å²) in [6.45, 7) is 5.40. The first-order chi connectivity index (χ1) is 9.72. The van der Waals surface area contributed by atoms with Gasteiger partial charge in [0.15, 0.2) is 5.82 Å². The van der Waals surface area contributed by atoms with E-state index in [2.05, 4.69) is 15.3 Å². The van der Waals surface area contributed by atoms with Crippen LogP contribution in [0.3, 0.4) is 0 Å². The van der Waals surface area contributed by atoms with E-state index in [9.17, 15) is 4.79 Å². The van der Waals surface area contributed by atoms with Crippen molar-refractivity contribution in [3.05, 3.63) is 18.2 Å². The van der Waals surface area contributed by atoms with Crippen LogP contribution in [-0.2, 0) is 10.3 Å². The van der Waals surface area contributed by atoms with Crippen LogP contribution in [0.15, 0.2) is 12.4 Å². The van der Waals surface area contributed by atoms with Crippen molar-refractivity contribution < 1.29 is 19.6 Å². The summed E-state index contributed by atoms with van der Waals surface area (Å²) in [6, 6.07) is 0. The number of aromatic nitrogens is 2. The van der Waals surface area contributed by atoms with Crippen LogP contribution in [0.2, 0.25) is 0 Å². The predicted molar refractivity (Wildman–Crippen MR) is 76.8 cm³/mol. The summed E-state index contributed by atoms with van der Waals surface area (Å²) in [4.78, 5) is 20.2. The van der Waals surface area contributed by atoms with E-state index in [1.807, 2.05) is 0 Å². The van der Waals surface area contributed by atoms with Gasteiger partial charge in [0, 0.05) is 17.9 Å². The van der Waals surface area contributed by atoms with Crippen LogP contribution in [0.4, 0.5) is 4.79 Å². The standard InChI is InChI=1S/C13H20BN3O4/c1-12(2,3)21-11(18)17-13(5-4-6-13)10-15-7-9(8-16-10)14(19)20/h7-8,19-20H,4-6H2,1-3H3,(H,17,18). The molecule has 0 saturated heterocycles. The highest BCUT2D eigenvalue weighted by atomic mass is 16.6. The molecule has 0 atom stereocenters. The lowest BCUT2D eigenvalue weighted by Crippen LogP contribution is -2.53. The molecule has 1 aliphatic carbocycles. The number of carbonyl (C=O) groups is 1. The second-order valence-electron chi connectivity index (χ2n) is 6.28. The van der Waals surface area contributed by atoms with Gasteiger partial charge in [-0.25, -0.2) is 14.8 Å². The first-order valence-corrected chi connectivity index (χ1v) is 6.92. The molecule has 1 aromatic rings. The monoisotopic (exact) mass is 293 g/mol. The summed E-state index contributed by atoms with van der Waals surface area (Å²) >= 11 is 0. The number of ether oxygens (including phenoxy) is 1. The molecule has 0 aromatic carbocycles. The number of alkyl carbamates (subject to hydrolysis) is 1. The summed E-state index contributed by atoms with van der Waals surface area (Å²) in [6.07, 6.45) is 4.62. The molecule has 1 saturated carbocycles. The normalized spacial score (nSPS) is 16.8. The molecule has 2 rings (SSSR count). The maximum Gasteiger partial charge on any atom is 0.491 e. The Kier molecular flexibility index (Phi) is 4.20. The molecule has 8 heteroatoms. The summed E-state index contributed by atoms with van der Waals surface area (Å²) in [7, 11) is -1.60. The van der Waals surface area contributed by atoms with Crippen LogP contribution < -0.4 is 10.8 Å². The van der Waals surface area contributed by atoms with Crippen molar-refractivity contribution in [3.63, 3.8) is 0 Å². The average molecular weight is 293 g/mol. The van der Waals surface area contributed by atoms with Gasteiger partial charge in [-0.3, -0.25) is 0 Å². The molecule has 1 fully saturated rings. The molecule has 21 heavy (non-hydrogen) atoms. The molecule has 1 heterocycles. The molecule has 1 aliphatic rings. The third-order valence-electron chi connectivity index (χ3n) is 3.35. The topological polar surface area (TPSA) is 105 Å². The maximum atomic E-state index is 11.9. The molecular weight excluding hydrogens is 273 g/mol. The second kappa shape index (κ2) is 5.61. The molecule has 0 radical (unpaired) electrons. The Morgan fingerprint density at radius 2 is 1.90 bits per heavy atom. The first kappa shape index (κ1) is 15.7. The van der Waals surface area contributed by atoms with E-state index < -0.39 is 24.4 Å². The highest BCUT2D eigenvalue weighted by Crippen LogP contribution is 2.39. The highest BCUT2D eigenvalue weighted by molar-refractivity contribution is 6.58. The van der Waals surface area contributed by atoms with Crippen LogP contribution in [0.25, 0.3) is 0 Å². The Morgan fingerprint density at radius 1 is 1.33 bits per heavy atom. The Labute approximate surface area is 123 Å². The van der Waals surface area contributed by atoms with E-state index in [4.69, 9.17) is 14.8 Å². The van der Waals surface area contributed by atoms with Crippen molar-refractivity contribution in [2.24, 2.45) is 0 Å². The van der Waals surface area contributed by atoms with Gasteiger partial charge < -0.3 is 20.1 Å². The van der Waals surface area contributed by atoms with E-state index >= 15 is 0 Å². The van der Waals surface area contributed by atoms with Crippen LogP contribution in [0.5, 0.6) is 0 Å². The molecule has 7 nitrogen and oxygen atoms in total. The fourth-order valence-corrected chi connectivity index (χ4v) is 2.15. The van der Waals surface area contributed by atoms with Crippen molar-refractivity contribution in [1.82, 2.24) is 15.3 Å². The SMILES string of the molecule is CC(C)(C)OC(=O)NC1(c2ncc(B(O)O)cn2)CCC1. The predicted octanol–water partition coefficient (Wildman–Crippen LogP) is 0.0603. The maximum absolute atomic E-state index is 11.9. The number of nitrogens with one attached hydrogen (secondary N) is 1. The van der Waals surface area contributed by atoms with Crippen LogP contribution in [0, 0.1) is 0 Å². The van der Waals surface area contributed by atoms with Crippen molar-refractivity contribution in [1.29, 1.82) is 0 Å². The van der Waals surface area contributed by atoms with Gasteiger partial charge in [0.25, 0.3) is 0 Å². The third-order valence-corrected chi connectivity index (χ3v) is 3.35. The minimum atomic E-state index is -1.60. The molecule has 114 valence electrons. The molecular formula is C13H20BN3O4. The van der Waals surface area contributed by atoms with Crippen molar-refractivity contribution in [3.8, 4) is 0 Å². The summed E-state index contributed by atoms with van der Waals surface area (Å²) < 4.78 is 5.27. The summed E-state index contributed by atoms with van der Waals surface area (Å²) in [5.74, 6) is 0.462.